The molecule has 0 bridgehead atoms. The van der Waals surface area contributed by atoms with Crippen molar-refractivity contribution in [2.45, 2.75) is 6.54 Å². The maximum absolute atomic E-state index is 12.5. The summed E-state index contributed by atoms with van der Waals surface area (Å²) in [6.07, 6.45) is 3.51. The molecule has 0 spiro atoms. The molecule has 0 aliphatic heterocycles. The van der Waals surface area contributed by atoms with E-state index in [9.17, 15) is 13.6 Å². The summed E-state index contributed by atoms with van der Waals surface area (Å²) in [5.41, 5.74) is 4.25. The van der Waals surface area contributed by atoms with Gasteiger partial charge >= 0.3 is 5.69 Å². The van der Waals surface area contributed by atoms with Crippen LogP contribution in [0.2, 0.25) is 0 Å². The largest absolute Gasteiger partial charge is 0.351 e. The summed E-state index contributed by atoms with van der Waals surface area (Å²) >= 11 is 0. The Morgan fingerprint density at radius 3 is 2.74 bits per heavy atom. The summed E-state index contributed by atoms with van der Waals surface area (Å²) in [4.78, 5) is 19.7. The van der Waals surface area contributed by atoms with Crippen LogP contribution in [0, 0.1) is 0 Å². The molecular formula is C10H10F2N6O. The zero-order chi connectivity index (χ0) is 13.8. The molecule has 2 aromatic heterocycles. The van der Waals surface area contributed by atoms with Crippen molar-refractivity contribution in [3.8, 4) is 5.82 Å². The first kappa shape index (κ1) is 13.0. The second-order valence-electron chi connectivity index (χ2n) is 3.57. The van der Waals surface area contributed by atoms with Gasteiger partial charge < -0.3 is 5.73 Å². The van der Waals surface area contributed by atoms with Crippen molar-refractivity contribution in [1.82, 2.24) is 24.3 Å². The number of hydrogen-bond acceptors (Lipinski definition) is 5. The highest BCUT2D eigenvalue weighted by Crippen LogP contribution is 2.07. The second kappa shape index (κ2) is 5.48. The van der Waals surface area contributed by atoms with E-state index in [-0.39, 0.29) is 24.5 Å². The molecule has 0 aliphatic carbocycles. The summed E-state index contributed by atoms with van der Waals surface area (Å²) < 4.78 is 26.9. The van der Waals surface area contributed by atoms with Gasteiger partial charge in [-0.25, -0.2) is 19.0 Å². The Kier molecular flexibility index (Phi) is 3.76. The highest BCUT2D eigenvalue weighted by molar-refractivity contribution is 5.15. The molecule has 0 aliphatic rings. The van der Waals surface area contributed by atoms with E-state index >= 15 is 0 Å². The third-order valence-corrected chi connectivity index (χ3v) is 2.38. The molecule has 9 heteroatoms. The topological polar surface area (TPSA) is 91.6 Å². The van der Waals surface area contributed by atoms with Crippen LogP contribution in [-0.2, 0) is 6.54 Å². The van der Waals surface area contributed by atoms with Crippen molar-refractivity contribution in [3.63, 3.8) is 0 Å². The van der Waals surface area contributed by atoms with Crippen LogP contribution in [0.25, 0.3) is 5.82 Å². The fraction of sp³-hybridized carbons (Fsp3) is 0.200. The molecule has 100 valence electrons. The van der Waals surface area contributed by atoms with Gasteiger partial charge in [-0.15, -0.1) is 0 Å². The van der Waals surface area contributed by atoms with Gasteiger partial charge in [0.2, 0.25) is 0 Å². The standard InChI is InChI=1S/C10H10F2N6O/c11-9(12)7(3-13)5-18-10(19)17(6-16-18)8-4-14-1-2-15-8/h1-2,4,6H,3,5,13H2. The van der Waals surface area contributed by atoms with Crippen LogP contribution < -0.4 is 11.4 Å². The molecule has 0 amide bonds. The lowest BCUT2D eigenvalue weighted by Crippen LogP contribution is -2.26. The lowest BCUT2D eigenvalue weighted by atomic mass is 10.3. The Morgan fingerprint density at radius 2 is 2.16 bits per heavy atom. The molecule has 7 nitrogen and oxygen atoms in total. The van der Waals surface area contributed by atoms with Crippen LogP contribution in [0.4, 0.5) is 8.78 Å². The first-order valence-electron chi connectivity index (χ1n) is 5.27. The Bertz CT molecular complexity index is 644. The van der Waals surface area contributed by atoms with Gasteiger partial charge in [-0.2, -0.15) is 13.9 Å². The van der Waals surface area contributed by atoms with Gasteiger partial charge in [0.05, 0.1) is 12.7 Å². The van der Waals surface area contributed by atoms with E-state index in [2.05, 4.69) is 15.1 Å². The van der Waals surface area contributed by atoms with Gasteiger partial charge in [0.15, 0.2) is 5.82 Å². The molecule has 0 unspecified atom stereocenters. The van der Waals surface area contributed by atoms with E-state index in [1.807, 2.05) is 0 Å². The summed E-state index contributed by atoms with van der Waals surface area (Å²) in [5.74, 6) is 0.262. The molecule has 2 rings (SSSR count). The number of hydrogen-bond donors (Lipinski definition) is 1. The second-order valence-corrected chi connectivity index (χ2v) is 3.57. The molecule has 0 aromatic carbocycles. The minimum atomic E-state index is -1.90. The third kappa shape index (κ3) is 2.71. The minimum absolute atomic E-state index is 0.262. The van der Waals surface area contributed by atoms with Gasteiger partial charge in [-0.1, -0.05) is 0 Å². The maximum Gasteiger partial charge on any atom is 0.351 e. The summed E-state index contributed by atoms with van der Waals surface area (Å²) in [6.45, 7) is -0.697. The molecule has 2 heterocycles. The highest BCUT2D eigenvalue weighted by atomic mass is 19.3. The van der Waals surface area contributed by atoms with Crippen LogP contribution in [0.1, 0.15) is 0 Å². The van der Waals surface area contributed by atoms with Gasteiger partial charge in [-0.05, 0) is 0 Å². The van der Waals surface area contributed by atoms with Crippen molar-refractivity contribution in [1.29, 1.82) is 0 Å². The number of nitrogens with zero attached hydrogens (tertiary/aromatic N) is 5. The van der Waals surface area contributed by atoms with E-state index < -0.39 is 11.8 Å². The van der Waals surface area contributed by atoms with Gasteiger partial charge in [0.25, 0.3) is 6.08 Å². The fourth-order valence-corrected chi connectivity index (χ4v) is 1.40. The van der Waals surface area contributed by atoms with Crippen LogP contribution in [0.15, 0.2) is 41.4 Å². The van der Waals surface area contributed by atoms with Crippen LogP contribution in [0.5, 0.6) is 0 Å². The smallest absolute Gasteiger partial charge is 0.327 e. The Balaban J connectivity index is 2.35. The average molecular weight is 268 g/mol. The number of nitrogens with two attached hydrogens (primary N) is 1. The van der Waals surface area contributed by atoms with Gasteiger partial charge in [-0.3, -0.25) is 4.98 Å². The molecule has 0 atom stereocenters. The number of halogens is 2. The molecule has 0 radical (unpaired) electrons. The SMILES string of the molecule is NCC(Cn1ncn(-c2cnccn2)c1=O)=C(F)F. The lowest BCUT2D eigenvalue weighted by molar-refractivity contribution is 0.400. The third-order valence-electron chi connectivity index (χ3n) is 2.38. The minimum Gasteiger partial charge on any atom is -0.327 e. The van der Waals surface area contributed by atoms with Crippen LogP contribution in [0.3, 0.4) is 0 Å². The number of aromatic nitrogens is 5. The summed E-state index contributed by atoms with van der Waals surface area (Å²) in [7, 11) is 0. The first-order chi connectivity index (χ1) is 9.13. The molecule has 2 N–H and O–H groups in total. The van der Waals surface area contributed by atoms with Crippen molar-refractivity contribution >= 4 is 0 Å². The summed E-state index contributed by atoms with van der Waals surface area (Å²) in [6, 6.07) is 0. The zero-order valence-corrected chi connectivity index (χ0v) is 9.70. The van der Waals surface area contributed by atoms with E-state index in [0.717, 1.165) is 9.25 Å². The number of rotatable bonds is 4. The molecule has 0 fully saturated rings. The monoisotopic (exact) mass is 268 g/mol. The van der Waals surface area contributed by atoms with E-state index in [1.54, 1.807) is 0 Å². The fourth-order valence-electron chi connectivity index (χ4n) is 1.40. The van der Waals surface area contributed by atoms with E-state index in [0.29, 0.717) is 0 Å². The molecule has 0 saturated carbocycles. The Hall–Kier alpha value is -2.42. The van der Waals surface area contributed by atoms with Crippen molar-refractivity contribution in [2.24, 2.45) is 5.73 Å². The molecule has 0 saturated heterocycles. The van der Waals surface area contributed by atoms with Crippen molar-refractivity contribution in [2.75, 3.05) is 6.54 Å². The van der Waals surface area contributed by atoms with Crippen molar-refractivity contribution in [3.05, 3.63) is 47.1 Å². The van der Waals surface area contributed by atoms with Crippen LogP contribution in [-0.4, -0.2) is 30.9 Å². The predicted molar refractivity (Wildman–Crippen MR) is 61.7 cm³/mol. The van der Waals surface area contributed by atoms with Crippen molar-refractivity contribution < 1.29 is 8.78 Å². The van der Waals surface area contributed by atoms with E-state index in [4.69, 9.17) is 5.73 Å². The Labute approximate surface area is 106 Å². The Morgan fingerprint density at radius 1 is 1.37 bits per heavy atom. The normalized spacial score (nSPS) is 10.5. The van der Waals surface area contributed by atoms with Gasteiger partial charge in [0, 0.05) is 24.5 Å². The van der Waals surface area contributed by atoms with E-state index in [1.165, 1.54) is 24.9 Å². The average Bonchev–Trinajstić information content (AvgIpc) is 2.78. The quantitative estimate of drug-likeness (QED) is 0.838. The predicted octanol–water partition coefficient (Wildman–Crippen LogP) is -0.0667. The lowest BCUT2D eigenvalue weighted by Gasteiger charge is -2.02. The first-order valence-corrected chi connectivity index (χ1v) is 5.27. The van der Waals surface area contributed by atoms with Gasteiger partial charge in [0.1, 0.15) is 6.33 Å². The zero-order valence-electron chi connectivity index (χ0n) is 9.70. The molecule has 2 aromatic rings. The molecule has 19 heavy (non-hydrogen) atoms. The maximum atomic E-state index is 12.5. The molecular weight excluding hydrogens is 258 g/mol. The highest BCUT2D eigenvalue weighted by Gasteiger charge is 2.11. The summed E-state index contributed by atoms with van der Waals surface area (Å²) in [5, 5.41) is 3.74. The van der Waals surface area contributed by atoms with Crippen LogP contribution >= 0.6 is 0 Å².